The highest BCUT2D eigenvalue weighted by Gasteiger charge is 2.21. The third-order valence-electron chi connectivity index (χ3n) is 3.25. The number of halogens is 1. The summed E-state index contributed by atoms with van der Waals surface area (Å²) in [5.74, 6) is -0.0555. The number of hydrogen-bond acceptors (Lipinski definition) is 3. The summed E-state index contributed by atoms with van der Waals surface area (Å²) in [6, 6.07) is 9.33. The van der Waals surface area contributed by atoms with E-state index in [2.05, 4.69) is 5.32 Å². The van der Waals surface area contributed by atoms with Gasteiger partial charge >= 0.3 is 0 Å². The maximum absolute atomic E-state index is 11.9. The summed E-state index contributed by atoms with van der Waals surface area (Å²) in [4.78, 5) is 11.9. The van der Waals surface area contributed by atoms with E-state index < -0.39 is 0 Å². The Kier molecular flexibility index (Phi) is 8.55. The van der Waals surface area contributed by atoms with Gasteiger partial charge in [0.05, 0.1) is 6.10 Å². The van der Waals surface area contributed by atoms with E-state index in [4.69, 9.17) is 5.73 Å². The molecule has 1 aromatic carbocycles. The highest BCUT2D eigenvalue weighted by molar-refractivity contribution is 5.85. The highest BCUT2D eigenvalue weighted by Crippen LogP contribution is 2.21. The van der Waals surface area contributed by atoms with Crippen molar-refractivity contribution in [1.82, 2.24) is 5.32 Å². The van der Waals surface area contributed by atoms with Crippen LogP contribution in [0.1, 0.15) is 45.2 Å². The first-order chi connectivity index (χ1) is 9.30. The summed E-state index contributed by atoms with van der Waals surface area (Å²) in [5, 5.41) is 12.3. The zero-order chi connectivity index (χ0) is 15.2. The molecule has 4 N–H and O–H groups in total. The van der Waals surface area contributed by atoms with Crippen molar-refractivity contribution in [2.24, 2.45) is 11.1 Å². The predicted octanol–water partition coefficient (Wildman–Crippen LogP) is 2.41. The molecule has 0 fully saturated rings. The van der Waals surface area contributed by atoms with Gasteiger partial charge in [0.15, 0.2) is 0 Å². The van der Waals surface area contributed by atoms with E-state index in [0.29, 0.717) is 13.0 Å². The molecule has 0 saturated carbocycles. The van der Waals surface area contributed by atoms with Gasteiger partial charge in [0.25, 0.3) is 0 Å². The largest absolute Gasteiger partial charge is 0.393 e. The fourth-order valence-corrected chi connectivity index (χ4v) is 2.30. The second kappa shape index (κ2) is 9.03. The number of nitrogens with two attached hydrogens (primary N) is 1. The minimum Gasteiger partial charge on any atom is -0.393 e. The average Bonchev–Trinajstić information content (AvgIpc) is 2.36. The van der Waals surface area contributed by atoms with Crippen molar-refractivity contribution in [3.63, 3.8) is 0 Å². The molecule has 120 valence electrons. The van der Waals surface area contributed by atoms with Gasteiger partial charge in [-0.2, -0.15) is 0 Å². The SMILES string of the molecule is CC(O)CC(C)(C)CNC(=O)CC(N)c1ccccc1.Cl. The van der Waals surface area contributed by atoms with Crippen molar-refractivity contribution in [2.75, 3.05) is 6.54 Å². The van der Waals surface area contributed by atoms with Crippen LogP contribution in [0.3, 0.4) is 0 Å². The molecule has 0 heterocycles. The van der Waals surface area contributed by atoms with Crippen molar-refractivity contribution in [2.45, 2.75) is 45.8 Å². The van der Waals surface area contributed by atoms with Gasteiger partial charge in [-0.15, -0.1) is 12.4 Å². The normalized spacial score (nSPS) is 14.0. The summed E-state index contributed by atoms with van der Waals surface area (Å²) in [6.07, 6.45) is 0.556. The molecule has 4 nitrogen and oxygen atoms in total. The Hall–Kier alpha value is -1.10. The van der Waals surface area contributed by atoms with E-state index in [0.717, 1.165) is 5.56 Å². The lowest BCUT2D eigenvalue weighted by atomic mass is 9.87. The van der Waals surface area contributed by atoms with Crippen LogP contribution in [0.25, 0.3) is 0 Å². The molecule has 2 unspecified atom stereocenters. The Morgan fingerprint density at radius 3 is 2.43 bits per heavy atom. The summed E-state index contributed by atoms with van der Waals surface area (Å²) < 4.78 is 0. The predicted molar refractivity (Wildman–Crippen MR) is 88.3 cm³/mol. The van der Waals surface area contributed by atoms with Crippen LogP contribution < -0.4 is 11.1 Å². The molecular formula is C16H27ClN2O2. The third kappa shape index (κ3) is 8.05. The molecule has 0 radical (unpaired) electrons. The van der Waals surface area contributed by atoms with E-state index >= 15 is 0 Å². The zero-order valence-electron chi connectivity index (χ0n) is 13.0. The molecule has 1 amide bonds. The van der Waals surface area contributed by atoms with E-state index in [1.165, 1.54) is 0 Å². The molecule has 21 heavy (non-hydrogen) atoms. The standard InChI is InChI=1S/C16H26N2O2.ClH/c1-12(19)10-16(2,3)11-18-15(20)9-14(17)13-7-5-4-6-8-13;/h4-8,12,14,19H,9-11,17H2,1-3H3,(H,18,20);1H. The van der Waals surface area contributed by atoms with Gasteiger partial charge in [-0.1, -0.05) is 44.2 Å². The smallest absolute Gasteiger partial charge is 0.221 e. The third-order valence-corrected chi connectivity index (χ3v) is 3.25. The number of nitrogens with one attached hydrogen (secondary N) is 1. The van der Waals surface area contributed by atoms with E-state index in [-0.39, 0.29) is 42.3 Å². The Bertz CT molecular complexity index is 422. The molecule has 0 bridgehead atoms. The quantitative estimate of drug-likeness (QED) is 0.723. The number of carbonyl (C=O) groups is 1. The molecule has 0 aliphatic heterocycles. The number of benzene rings is 1. The Morgan fingerprint density at radius 2 is 1.90 bits per heavy atom. The van der Waals surface area contributed by atoms with E-state index in [1.807, 2.05) is 44.2 Å². The van der Waals surface area contributed by atoms with Crippen molar-refractivity contribution < 1.29 is 9.90 Å². The second-order valence-electron chi connectivity index (χ2n) is 6.22. The fourth-order valence-electron chi connectivity index (χ4n) is 2.30. The van der Waals surface area contributed by atoms with Crippen LogP contribution in [0.5, 0.6) is 0 Å². The molecule has 0 aliphatic carbocycles. The number of amides is 1. The molecule has 0 saturated heterocycles. The molecule has 0 spiro atoms. The lowest BCUT2D eigenvalue weighted by Gasteiger charge is -2.26. The first kappa shape index (κ1) is 19.9. The summed E-state index contributed by atoms with van der Waals surface area (Å²) in [7, 11) is 0. The van der Waals surface area contributed by atoms with Gasteiger partial charge in [-0.25, -0.2) is 0 Å². The van der Waals surface area contributed by atoms with Gasteiger partial charge in [0.2, 0.25) is 5.91 Å². The van der Waals surface area contributed by atoms with E-state index in [9.17, 15) is 9.90 Å². The summed E-state index contributed by atoms with van der Waals surface area (Å²) >= 11 is 0. The first-order valence-electron chi connectivity index (χ1n) is 7.05. The lowest BCUT2D eigenvalue weighted by molar-refractivity contribution is -0.122. The average molecular weight is 315 g/mol. The van der Waals surface area contributed by atoms with Gasteiger partial charge in [-0.3, -0.25) is 4.79 Å². The number of hydrogen-bond donors (Lipinski definition) is 3. The van der Waals surface area contributed by atoms with Crippen LogP contribution in [0.15, 0.2) is 30.3 Å². The zero-order valence-corrected chi connectivity index (χ0v) is 13.8. The maximum atomic E-state index is 11.9. The van der Waals surface area contributed by atoms with E-state index in [1.54, 1.807) is 6.92 Å². The molecule has 5 heteroatoms. The van der Waals surface area contributed by atoms with Crippen molar-refractivity contribution in [3.8, 4) is 0 Å². The molecule has 1 aromatic rings. The number of rotatable bonds is 7. The van der Waals surface area contributed by atoms with Crippen LogP contribution in [-0.4, -0.2) is 23.7 Å². The Morgan fingerprint density at radius 1 is 1.33 bits per heavy atom. The van der Waals surface area contributed by atoms with Gasteiger partial charge in [-0.05, 0) is 24.3 Å². The monoisotopic (exact) mass is 314 g/mol. The summed E-state index contributed by atoms with van der Waals surface area (Å²) in [5.41, 5.74) is 6.85. The highest BCUT2D eigenvalue weighted by atomic mass is 35.5. The number of carbonyl (C=O) groups excluding carboxylic acids is 1. The van der Waals surface area contributed by atoms with Crippen LogP contribution in [0.4, 0.5) is 0 Å². The fraction of sp³-hybridized carbons (Fsp3) is 0.562. The topological polar surface area (TPSA) is 75.3 Å². The van der Waals surface area contributed by atoms with Crippen molar-refractivity contribution >= 4 is 18.3 Å². The molecule has 2 atom stereocenters. The second-order valence-corrected chi connectivity index (χ2v) is 6.22. The molecule has 1 rings (SSSR count). The summed E-state index contributed by atoms with van der Waals surface area (Å²) in [6.45, 7) is 6.35. The van der Waals surface area contributed by atoms with Crippen LogP contribution in [-0.2, 0) is 4.79 Å². The van der Waals surface area contributed by atoms with Crippen molar-refractivity contribution in [1.29, 1.82) is 0 Å². The Balaban J connectivity index is 0.00000400. The molecule has 0 aliphatic rings. The van der Waals surface area contributed by atoms with Crippen molar-refractivity contribution in [3.05, 3.63) is 35.9 Å². The maximum Gasteiger partial charge on any atom is 0.221 e. The first-order valence-corrected chi connectivity index (χ1v) is 7.05. The van der Waals surface area contributed by atoms with Crippen LogP contribution >= 0.6 is 12.4 Å². The van der Waals surface area contributed by atoms with Gasteiger partial charge < -0.3 is 16.2 Å². The van der Waals surface area contributed by atoms with Gasteiger partial charge in [0.1, 0.15) is 0 Å². The molecule has 0 aromatic heterocycles. The van der Waals surface area contributed by atoms with Crippen LogP contribution in [0, 0.1) is 5.41 Å². The van der Waals surface area contributed by atoms with Gasteiger partial charge in [0, 0.05) is 19.0 Å². The minimum absolute atomic E-state index is 0. The Labute approximate surface area is 133 Å². The lowest BCUT2D eigenvalue weighted by Crippen LogP contribution is -2.36. The minimum atomic E-state index is -0.367. The van der Waals surface area contributed by atoms with Crippen LogP contribution in [0.2, 0.25) is 0 Å². The number of aliphatic hydroxyl groups is 1. The number of aliphatic hydroxyl groups excluding tert-OH is 1. The molecular weight excluding hydrogens is 288 g/mol.